The number of hydrogen-bond acceptors (Lipinski definition) is 4. The molecule has 2 unspecified atom stereocenters. The highest BCUT2D eigenvalue weighted by molar-refractivity contribution is 5.85. The van der Waals surface area contributed by atoms with Crippen molar-refractivity contribution in [3.63, 3.8) is 0 Å². The Balaban J connectivity index is 0.00000131. The van der Waals surface area contributed by atoms with Crippen LogP contribution in [0.3, 0.4) is 0 Å². The number of aromatic hydroxyl groups is 1. The number of nitrogens with zero attached hydrogens (tertiary/aromatic N) is 2. The lowest BCUT2D eigenvalue weighted by Gasteiger charge is -2.45. The number of piperazine rings is 1. The van der Waals surface area contributed by atoms with E-state index in [4.69, 9.17) is 5.73 Å². The van der Waals surface area contributed by atoms with Gasteiger partial charge in [-0.1, -0.05) is 6.42 Å². The predicted molar refractivity (Wildman–Crippen MR) is 113 cm³/mol. The Morgan fingerprint density at radius 3 is 2.07 bits per heavy atom. The monoisotopic (exact) mass is 415 g/mol. The Kier molecular flexibility index (Phi) is 7.66. The first kappa shape index (κ1) is 22.1. The molecule has 3 aliphatic rings. The van der Waals surface area contributed by atoms with E-state index in [9.17, 15) is 9.90 Å². The number of amides is 1. The highest BCUT2D eigenvalue weighted by Gasteiger charge is 2.41. The van der Waals surface area contributed by atoms with Crippen LogP contribution < -0.4 is 10.6 Å². The van der Waals surface area contributed by atoms with Crippen molar-refractivity contribution in [3.8, 4) is 5.75 Å². The molecular weight excluding hydrogens is 385 g/mol. The number of phenols is 1. The fraction of sp³-hybridized carbons (Fsp3) is 0.650. The third kappa shape index (κ3) is 4.64. The van der Waals surface area contributed by atoms with E-state index >= 15 is 0 Å². The summed E-state index contributed by atoms with van der Waals surface area (Å²) in [7, 11) is 0. The molecule has 4 rings (SSSR count). The van der Waals surface area contributed by atoms with Crippen molar-refractivity contribution in [1.29, 1.82) is 0 Å². The first-order chi connectivity index (χ1) is 12.1. The van der Waals surface area contributed by atoms with Crippen molar-refractivity contribution in [1.82, 2.24) is 4.90 Å². The number of carbonyl (C=O) groups excluding carboxylic acids is 1. The standard InChI is InChI=1S/C20H29N3O2.2ClH/c21-19-14-2-1-3-15(19)13-16(12-14)20(25)23-10-8-22(9-11-23)17-4-6-18(24)7-5-17;;/h4-7,14-16,19,24H,1-3,8-13,21H2;2*1H. The highest BCUT2D eigenvalue weighted by Crippen LogP contribution is 2.42. The van der Waals surface area contributed by atoms with Crippen LogP contribution in [0, 0.1) is 17.8 Å². The molecule has 1 amide bonds. The van der Waals surface area contributed by atoms with Gasteiger partial charge in [0.05, 0.1) is 0 Å². The van der Waals surface area contributed by atoms with Crippen LogP contribution >= 0.6 is 24.8 Å². The van der Waals surface area contributed by atoms with E-state index in [1.54, 1.807) is 12.1 Å². The third-order valence-corrected chi connectivity index (χ3v) is 6.57. The lowest BCUT2D eigenvalue weighted by molar-refractivity contribution is -0.138. The molecule has 1 aromatic carbocycles. The summed E-state index contributed by atoms with van der Waals surface area (Å²) in [6.45, 7) is 3.29. The van der Waals surface area contributed by atoms with E-state index in [0.29, 0.717) is 29.5 Å². The Morgan fingerprint density at radius 2 is 1.52 bits per heavy atom. The van der Waals surface area contributed by atoms with Crippen LogP contribution in [0.4, 0.5) is 5.69 Å². The van der Waals surface area contributed by atoms with Gasteiger partial charge in [0.25, 0.3) is 0 Å². The minimum Gasteiger partial charge on any atom is -0.508 e. The average molecular weight is 416 g/mol. The summed E-state index contributed by atoms with van der Waals surface area (Å²) in [6, 6.07) is 7.64. The summed E-state index contributed by atoms with van der Waals surface area (Å²) in [5.74, 6) is 1.95. The molecule has 3 N–H and O–H groups in total. The first-order valence-corrected chi connectivity index (χ1v) is 9.70. The number of rotatable bonds is 2. The van der Waals surface area contributed by atoms with E-state index in [-0.39, 0.29) is 30.7 Å². The Labute approximate surface area is 174 Å². The molecule has 5 nitrogen and oxygen atoms in total. The van der Waals surface area contributed by atoms with Crippen molar-refractivity contribution in [2.24, 2.45) is 23.5 Å². The zero-order valence-corrected chi connectivity index (χ0v) is 17.3. The number of hydrogen-bond donors (Lipinski definition) is 2. The molecule has 1 aromatic rings. The Morgan fingerprint density at radius 1 is 0.963 bits per heavy atom. The van der Waals surface area contributed by atoms with E-state index in [0.717, 1.165) is 44.7 Å². The fourth-order valence-corrected chi connectivity index (χ4v) is 5.10. The SMILES string of the molecule is Cl.Cl.NC1C2CCCC1CC(C(=O)N1CCN(c3ccc(O)cc3)CC1)C2. The Bertz CT molecular complexity index is 606. The second-order valence-corrected chi connectivity index (χ2v) is 8.03. The van der Waals surface area contributed by atoms with Crippen LogP contribution in [0.5, 0.6) is 5.75 Å². The van der Waals surface area contributed by atoms with Gasteiger partial charge in [-0.25, -0.2) is 0 Å². The third-order valence-electron chi connectivity index (χ3n) is 6.57. The van der Waals surface area contributed by atoms with Gasteiger partial charge < -0.3 is 20.6 Å². The largest absolute Gasteiger partial charge is 0.508 e. The van der Waals surface area contributed by atoms with Crippen molar-refractivity contribution >= 4 is 36.4 Å². The smallest absolute Gasteiger partial charge is 0.225 e. The van der Waals surface area contributed by atoms with Crippen molar-refractivity contribution in [2.45, 2.75) is 38.1 Å². The maximum atomic E-state index is 13.0. The van der Waals surface area contributed by atoms with Gasteiger partial charge in [-0.15, -0.1) is 24.8 Å². The normalized spacial score (nSPS) is 30.1. The van der Waals surface area contributed by atoms with Crippen LogP contribution in [0.25, 0.3) is 0 Å². The topological polar surface area (TPSA) is 69.8 Å². The molecule has 1 saturated heterocycles. The molecule has 0 aromatic heterocycles. The number of nitrogens with two attached hydrogens (primary N) is 1. The summed E-state index contributed by atoms with van der Waals surface area (Å²) in [5.41, 5.74) is 7.48. The van der Waals surface area contributed by atoms with Gasteiger partial charge in [0.1, 0.15) is 5.75 Å². The van der Waals surface area contributed by atoms with Crippen molar-refractivity contribution in [2.75, 3.05) is 31.1 Å². The fourth-order valence-electron chi connectivity index (χ4n) is 5.10. The molecule has 0 spiro atoms. The second-order valence-electron chi connectivity index (χ2n) is 8.03. The first-order valence-electron chi connectivity index (χ1n) is 9.70. The minimum absolute atomic E-state index is 0. The van der Waals surface area contributed by atoms with Crippen LogP contribution in [0.2, 0.25) is 0 Å². The molecule has 0 radical (unpaired) electrons. The highest BCUT2D eigenvalue weighted by atomic mass is 35.5. The number of anilines is 1. The van der Waals surface area contributed by atoms with Crippen LogP contribution in [-0.2, 0) is 4.79 Å². The molecule has 3 fully saturated rings. The summed E-state index contributed by atoms with van der Waals surface area (Å²) in [6.07, 6.45) is 5.69. The molecular formula is C20H31Cl2N3O2. The van der Waals surface area contributed by atoms with E-state index in [1.807, 2.05) is 12.1 Å². The van der Waals surface area contributed by atoms with E-state index in [1.165, 1.54) is 19.3 Å². The van der Waals surface area contributed by atoms with Crippen LogP contribution in [-0.4, -0.2) is 48.1 Å². The second kappa shape index (κ2) is 9.35. The van der Waals surface area contributed by atoms with Crippen molar-refractivity contribution < 1.29 is 9.90 Å². The molecule has 7 heteroatoms. The average Bonchev–Trinajstić information content (AvgIpc) is 2.62. The maximum absolute atomic E-state index is 13.0. The predicted octanol–water partition coefficient (Wildman–Crippen LogP) is 3.04. The number of fused-ring (bicyclic) bond motifs is 2. The van der Waals surface area contributed by atoms with E-state index < -0.39 is 0 Å². The van der Waals surface area contributed by atoms with Gasteiger partial charge >= 0.3 is 0 Å². The number of phenolic OH excluding ortho intramolecular Hbond substituents is 1. The number of benzene rings is 1. The molecule has 2 atom stereocenters. The quantitative estimate of drug-likeness (QED) is 0.778. The molecule has 152 valence electrons. The zero-order chi connectivity index (χ0) is 17.4. The summed E-state index contributed by atoms with van der Waals surface area (Å²) in [4.78, 5) is 17.4. The molecule has 2 aliphatic carbocycles. The molecule has 2 saturated carbocycles. The zero-order valence-electron chi connectivity index (χ0n) is 15.6. The van der Waals surface area contributed by atoms with Crippen LogP contribution in [0.15, 0.2) is 24.3 Å². The molecule has 2 bridgehead atoms. The minimum atomic E-state index is 0. The van der Waals surface area contributed by atoms with Crippen molar-refractivity contribution in [3.05, 3.63) is 24.3 Å². The number of carbonyl (C=O) groups is 1. The maximum Gasteiger partial charge on any atom is 0.225 e. The van der Waals surface area contributed by atoms with Gasteiger partial charge in [-0.3, -0.25) is 4.79 Å². The van der Waals surface area contributed by atoms with Gasteiger partial charge in [0, 0.05) is 43.8 Å². The summed E-state index contributed by atoms with van der Waals surface area (Å²) < 4.78 is 0. The van der Waals surface area contributed by atoms with Gasteiger partial charge in [0.2, 0.25) is 5.91 Å². The van der Waals surface area contributed by atoms with Gasteiger partial charge in [0.15, 0.2) is 0 Å². The lowest BCUT2D eigenvalue weighted by atomic mass is 9.65. The van der Waals surface area contributed by atoms with Crippen LogP contribution in [0.1, 0.15) is 32.1 Å². The summed E-state index contributed by atoms with van der Waals surface area (Å²) >= 11 is 0. The van der Waals surface area contributed by atoms with Gasteiger partial charge in [-0.2, -0.15) is 0 Å². The molecule has 1 aliphatic heterocycles. The Hall–Kier alpha value is -1.17. The lowest BCUT2D eigenvalue weighted by Crippen LogP contribution is -2.53. The number of halogens is 2. The van der Waals surface area contributed by atoms with Gasteiger partial charge in [-0.05, 0) is 61.8 Å². The molecule has 27 heavy (non-hydrogen) atoms. The van der Waals surface area contributed by atoms with E-state index in [2.05, 4.69) is 9.80 Å². The molecule has 1 heterocycles. The summed E-state index contributed by atoms with van der Waals surface area (Å²) in [5, 5.41) is 9.42.